The fourth-order valence-electron chi connectivity index (χ4n) is 2.29. The average Bonchev–Trinajstić information content (AvgIpc) is 2.40. The highest BCUT2D eigenvalue weighted by molar-refractivity contribution is 5.17. The normalized spacial score (nSPS) is 17.0. The second kappa shape index (κ2) is 6.81. The Morgan fingerprint density at radius 3 is 2.56 bits per heavy atom. The second-order valence-electron chi connectivity index (χ2n) is 4.80. The largest absolute Gasteiger partial charge is 0.314 e. The summed E-state index contributed by atoms with van der Waals surface area (Å²) < 4.78 is 25.7. The van der Waals surface area contributed by atoms with Crippen LogP contribution in [0.1, 0.15) is 18.4 Å². The zero-order valence-corrected chi connectivity index (χ0v) is 10.6. The zero-order chi connectivity index (χ0) is 12.8. The van der Waals surface area contributed by atoms with Gasteiger partial charge in [-0.25, -0.2) is 8.78 Å². The van der Waals surface area contributed by atoms with Crippen LogP contribution in [0.3, 0.4) is 0 Å². The SMILES string of the molecule is Fc1ccc(CCCCN2CCNCC2)cc1F. The van der Waals surface area contributed by atoms with Crippen LogP contribution in [0.15, 0.2) is 18.2 Å². The van der Waals surface area contributed by atoms with Crippen LogP contribution in [0.2, 0.25) is 0 Å². The van der Waals surface area contributed by atoms with Crippen molar-refractivity contribution in [2.75, 3.05) is 32.7 Å². The number of hydrogen-bond acceptors (Lipinski definition) is 2. The molecule has 1 aromatic rings. The van der Waals surface area contributed by atoms with Gasteiger partial charge in [-0.15, -0.1) is 0 Å². The number of unbranched alkanes of at least 4 members (excludes halogenated alkanes) is 1. The van der Waals surface area contributed by atoms with Crippen molar-refractivity contribution in [3.05, 3.63) is 35.4 Å². The van der Waals surface area contributed by atoms with Gasteiger partial charge < -0.3 is 10.2 Å². The number of benzene rings is 1. The molecule has 100 valence electrons. The molecule has 2 rings (SSSR count). The molecule has 0 amide bonds. The lowest BCUT2D eigenvalue weighted by molar-refractivity contribution is 0.237. The molecule has 1 N–H and O–H groups in total. The molecule has 1 fully saturated rings. The van der Waals surface area contributed by atoms with Crippen LogP contribution in [0.25, 0.3) is 0 Å². The van der Waals surface area contributed by atoms with Gasteiger partial charge in [0, 0.05) is 26.2 Å². The van der Waals surface area contributed by atoms with Crippen molar-refractivity contribution in [2.24, 2.45) is 0 Å². The van der Waals surface area contributed by atoms with E-state index in [1.54, 1.807) is 6.07 Å². The zero-order valence-electron chi connectivity index (χ0n) is 10.6. The number of aryl methyl sites for hydroxylation is 1. The van der Waals surface area contributed by atoms with Gasteiger partial charge in [0.05, 0.1) is 0 Å². The standard InChI is InChI=1S/C14H20F2N2/c15-13-5-4-12(11-14(13)16)3-1-2-8-18-9-6-17-7-10-18/h4-5,11,17H,1-3,6-10H2. The van der Waals surface area contributed by atoms with Crippen molar-refractivity contribution in [3.63, 3.8) is 0 Å². The van der Waals surface area contributed by atoms with Crippen molar-refractivity contribution in [3.8, 4) is 0 Å². The molecule has 0 saturated carbocycles. The van der Waals surface area contributed by atoms with Crippen LogP contribution in [0, 0.1) is 11.6 Å². The molecule has 0 bridgehead atoms. The summed E-state index contributed by atoms with van der Waals surface area (Å²) in [5.74, 6) is -1.51. The minimum absolute atomic E-state index is 0.741. The van der Waals surface area contributed by atoms with Crippen LogP contribution >= 0.6 is 0 Å². The minimum Gasteiger partial charge on any atom is -0.314 e. The number of hydrogen-bond donors (Lipinski definition) is 1. The molecule has 1 heterocycles. The number of halogens is 2. The predicted octanol–water partition coefficient (Wildman–Crippen LogP) is 2.19. The lowest BCUT2D eigenvalue weighted by Gasteiger charge is -2.27. The minimum atomic E-state index is -0.764. The van der Waals surface area contributed by atoms with E-state index < -0.39 is 11.6 Å². The molecule has 2 nitrogen and oxygen atoms in total. The molecule has 0 radical (unpaired) electrons. The Kier molecular flexibility index (Phi) is 5.08. The molecular formula is C14H20F2N2. The topological polar surface area (TPSA) is 15.3 Å². The fraction of sp³-hybridized carbons (Fsp3) is 0.571. The Hall–Kier alpha value is -1.00. The number of nitrogens with one attached hydrogen (secondary N) is 1. The molecule has 0 aliphatic carbocycles. The lowest BCUT2D eigenvalue weighted by atomic mass is 10.1. The second-order valence-corrected chi connectivity index (χ2v) is 4.80. The molecule has 1 aliphatic rings. The average molecular weight is 254 g/mol. The Bertz CT molecular complexity index is 376. The molecule has 0 spiro atoms. The van der Waals surface area contributed by atoms with Gasteiger partial charge in [0.2, 0.25) is 0 Å². The van der Waals surface area contributed by atoms with E-state index in [0.29, 0.717) is 0 Å². The Morgan fingerprint density at radius 1 is 1.06 bits per heavy atom. The van der Waals surface area contributed by atoms with E-state index in [0.717, 1.165) is 57.5 Å². The van der Waals surface area contributed by atoms with Gasteiger partial charge in [-0.1, -0.05) is 6.07 Å². The summed E-state index contributed by atoms with van der Waals surface area (Å²) in [5.41, 5.74) is 0.884. The van der Waals surface area contributed by atoms with Crippen molar-refractivity contribution in [2.45, 2.75) is 19.3 Å². The van der Waals surface area contributed by atoms with Gasteiger partial charge in [0.25, 0.3) is 0 Å². The Morgan fingerprint density at radius 2 is 1.83 bits per heavy atom. The highest BCUT2D eigenvalue weighted by Gasteiger charge is 2.08. The first-order chi connectivity index (χ1) is 8.75. The first-order valence-corrected chi connectivity index (χ1v) is 6.63. The van der Waals surface area contributed by atoms with Crippen LogP contribution < -0.4 is 5.32 Å². The maximum atomic E-state index is 13.0. The van der Waals surface area contributed by atoms with Crippen molar-refractivity contribution < 1.29 is 8.78 Å². The third kappa shape index (κ3) is 4.03. The number of nitrogens with zero attached hydrogens (tertiary/aromatic N) is 1. The summed E-state index contributed by atoms with van der Waals surface area (Å²) in [6, 6.07) is 4.18. The quantitative estimate of drug-likeness (QED) is 0.810. The molecular weight excluding hydrogens is 234 g/mol. The predicted molar refractivity (Wildman–Crippen MR) is 68.6 cm³/mol. The Labute approximate surface area is 107 Å². The maximum Gasteiger partial charge on any atom is 0.159 e. The van der Waals surface area contributed by atoms with E-state index in [-0.39, 0.29) is 0 Å². The monoisotopic (exact) mass is 254 g/mol. The van der Waals surface area contributed by atoms with Crippen molar-refractivity contribution >= 4 is 0 Å². The van der Waals surface area contributed by atoms with Gasteiger partial charge >= 0.3 is 0 Å². The van der Waals surface area contributed by atoms with Gasteiger partial charge in [-0.3, -0.25) is 0 Å². The van der Waals surface area contributed by atoms with E-state index in [2.05, 4.69) is 10.2 Å². The summed E-state index contributed by atoms with van der Waals surface area (Å²) in [6.45, 7) is 5.48. The molecule has 0 aromatic heterocycles. The number of rotatable bonds is 5. The van der Waals surface area contributed by atoms with E-state index in [4.69, 9.17) is 0 Å². The summed E-state index contributed by atoms with van der Waals surface area (Å²) >= 11 is 0. The third-order valence-corrected chi connectivity index (χ3v) is 3.38. The number of piperazine rings is 1. The third-order valence-electron chi connectivity index (χ3n) is 3.38. The lowest BCUT2D eigenvalue weighted by Crippen LogP contribution is -2.43. The van der Waals surface area contributed by atoms with Crippen LogP contribution in [0.5, 0.6) is 0 Å². The summed E-state index contributed by atoms with van der Waals surface area (Å²) in [6.07, 6.45) is 2.96. The summed E-state index contributed by atoms with van der Waals surface area (Å²) in [5, 5.41) is 3.32. The molecule has 1 saturated heterocycles. The molecule has 0 unspecified atom stereocenters. The molecule has 18 heavy (non-hydrogen) atoms. The van der Waals surface area contributed by atoms with E-state index in [1.807, 2.05) is 0 Å². The summed E-state index contributed by atoms with van der Waals surface area (Å²) in [4.78, 5) is 2.45. The van der Waals surface area contributed by atoms with Gasteiger partial charge in [0.15, 0.2) is 11.6 Å². The van der Waals surface area contributed by atoms with Crippen LogP contribution in [0.4, 0.5) is 8.78 Å². The van der Waals surface area contributed by atoms with Crippen molar-refractivity contribution in [1.29, 1.82) is 0 Å². The van der Waals surface area contributed by atoms with Gasteiger partial charge in [0.1, 0.15) is 0 Å². The van der Waals surface area contributed by atoms with Gasteiger partial charge in [-0.05, 0) is 43.5 Å². The van der Waals surface area contributed by atoms with Crippen molar-refractivity contribution in [1.82, 2.24) is 10.2 Å². The first kappa shape index (κ1) is 13.4. The maximum absolute atomic E-state index is 13.0. The van der Waals surface area contributed by atoms with Crippen LogP contribution in [-0.2, 0) is 6.42 Å². The smallest absolute Gasteiger partial charge is 0.159 e. The Balaban J connectivity index is 1.66. The van der Waals surface area contributed by atoms with E-state index in [9.17, 15) is 8.78 Å². The first-order valence-electron chi connectivity index (χ1n) is 6.63. The molecule has 1 aromatic carbocycles. The van der Waals surface area contributed by atoms with Crippen LogP contribution in [-0.4, -0.2) is 37.6 Å². The van der Waals surface area contributed by atoms with E-state index >= 15 is 0 Å². The molecule has 0 atom stereocenters. The summed E-state index contributed by atoms with van der Waals surface area (Å²) in [7, 11) is 0. The molecule has 1 aliphatic heterocycles. The fourth-order valence-corrected chi connectivity index (χ4v) is 2.29. The molecule has 4 heteroatoms. The van der Waals surface area contributed by atoms with Gasteiger partial charge in [-0.2, -0.15) is 0 Å². The highest BCUT2D eigenvalue weighted by Crippen LogP contribution is 2.11. The van der Waals surface area contributed by atoms with E-state index in [1.165, 1.54) is 12.1 Å². The highest BCUT2D eigenvalue weighted by atomic mass is 19.2.